The summed E-state index contributed by atoms with van der Waals surface area (Å²) in [5.74, 6) is -0.921. The number of anilines is 1. The van der Waals surface area contributed by atoms with Crippen molar-refractivity contribution in [1.29, 1.82) is 0 Å². The van der Waals surface area contributed by atoms with E-state index in [-0.39, 0.29) is 12.3 Å². The molecule has 1 atom stereocenters. The first kappa shape index (κ1) is 11.9. The van der Waals surface area contributed by atoms with E-state index in [2.05, 4.69) is 0 Å². The molecule has 5 heteroatoms. The minimum atomic E-state index is -0.431. The Bertz CT molecular complexity index is 487. The van der Waals surface area contributed by atoms with Gasteiger partial charge in [-0.15, -0.1) is 0 Å². The number of primary amides is 1. The predicted molar refractivity (Wildman–Crippen MR) is 65.8 cm³/mol. The standard InChI is InChI=1S/C12H13ClN2O2/c1-7-2-3-9(5-10(7)13)15-6-8(12(14)17)4-11(15)16/h2-3,5,8H,4,6H2,1H3,(H2,14,17)/t8-/m0/s1. The quantitative estimate of drug-likeness (QED) is 0.867. The van der Waals surface area contributed by atoms with Crippen molar-refractivity contribution in [2.45, 2.75) is 13.3 Å². The van der Waals surface area contributed by atoms with Gasteiger partial charge in [0.2, 0.25) is 11.8 Å². The molecule has 1 aromatic rings. The van der Waals surface area contributed by atoms with Gasteiger partial charge in [-0.3, -0.25) is 9.59 Å². The second-order valence-electron chi connectivity index (χ2n) is 4.24. The smallest absolute Gasteiger partial charge is 0.227 e. The molecule has 1 fully saturated rings. The Kier molecular flexibility index (Phi) is 3.07. The lowest BCUT2D eigenvalue weighted by Crippen LogP contribution is -2.28. The number of nitrogens with zero attached hydrogens (tertiary/aromatic N) is 1. The van der Waals surface area contributed by atoms with Crippen molar-refractivity contribution in [2.24, 2.45) is 11.7 Å². The molecule has 0 spiro atoms. The highest BCUT2D eigenvalue weighted by molar-refractivity contribution is 6.31. The summed E-state index contributed by atoms with van der Waals surface area (Å²) < 4.78 is 0. The Balaban J connectivity index is 2.26. The van der Waals surface area contributed by atoms with E-state index in [1.165, 1.54) is 0 Å². The minimum Gasteiger partial charge on any atom is -0.369 e. The first-order valence-electron chi connectivity index (χ1n) is 5.35. The number of halogens is 1. The van der Waals surface area contributed by atoms with Crippen LogP contribution in [0.2, 0.25) is 5.02 Å². The molecule has 1 heterocycles. The maximum absolute atomic E-state index is 11.8. The molecule has 17 heavy (non-hydrogen) atoms. The summed E-state index contributed by atoms with van der Waals surface area (Å²) >= 11 is 6.01. The maximum atomic E-state index is 11.8. The first-order chi connectivity index (χ1) is 7.99. The van der Waals surface area contributed by atoms with Crippen LogP contribution in [0, 0.1) is 12.8 Å². The van der Waals surface area contributed by atoms with Gasteiger partial charge in [-0.25, -0.2) is 0 Å². The third-order valence-corrected chi connectivity index (χ3v) is 3.40. The van der Waals surface area contributed by atoms with E-state index >= 15 is 0 Å². The van der Waals surface area contributed by atoms with Gasteiger partial charge in [0, 0.05) is 23.7 Å². The largest absolute Gasteiger partial charge is 0.369 e. The molecule has 0 saturated carbocycles. The molecule has 1 aliphatic rings. The zero-order valence-corrected chi connectivity index (χ0v) is 10.2. The molecule has 2 N–H and O–H groups in total. The molecule has 1 aromatic carbocycles. The average molecular weight is 253 g/mol. The zero-order chi connectivity index (χ0) is 12.6. The fourth-order valence-electron chi connectivity index (χ4n) is 1.90. The van der Waals surface area contributed by atoms with Gasteiger partial charge in [0.15, 0.2) is 0 Å². The Morgan fingerprint density at radius 3 is 2.76 bits per heavy atom. The molecule has 90 valence electrons. The summed E-state index contributed by atoms with van der Waals surface area (Å²) in [5, 5.41) is 0.609. The van der Waals surface area contributed by atoms with Crippen molar-refractivity contribution in [3.8, 4) is 0 Å². The highest BCUT2D eigenvalue weighted by Crippen LogP contribution is 2.28. The van der Waals surface area contributed by atoms with Gasteiger partial charge in [0.1, 0.15) is 0 Å². The molecule has 1 aliphatic heterocycles. The SMILES string of the molecule is Cc1ccc(N2C[C@@H](C(N)=O)CC2=O)cc1Cl. The van der Waals surface area contributed by atoms with Gasteiger partial charge in [-0.2, -0.15) is 0 Å². The number of benzene rings is 1. The summed E-state index contributed by atoms with van der Waals surface area (Å²) in [6.07, 6.45) is 0.181. The van der Waals surface area contributed by atoms with E-state index in [1.807, 2.05) is 19.1 Å². The van der Waals surface area contributed by atoms with Crippen LogP contribution in [0.4, 0.5) is 5.69 Å². The lowest BCUT2D eigenvalue weighted by atomic mass is 10.1. The lowest BCUT2D eigenvalue weighted by Gasteiger charge is -2.17. The van der Waals surface area contributed by atoms with Gasteiger partial charge in [0.25, 0.3) is 0 Å². The Labute approximate surface area is 104 Å². The molecule has 0 unspecified atom stereocenters. The second kappa shape index (κ2) is 4.37. The van der Waals surface area contributed by atoms with E-state index in [0.717, 1.165) is 5.56 Å². The van der Waals surface area contributed by atoms with Crippen molar-refractivity contribution in [2.75, 3.05) is 11.4 Å². The van der Waals surface area contributed by atoms with Crippen molar-refractivity contribution >= 4 is 29.1 Å². The van der Waals surface area contributed by atoms with Gasteiger partial charge in [-0.1, -0.05) is 17.7 Å². The van der Waals surface area contributed by atoms with E-state index in [1.54, 1.807) is 11.0 Å². The van der Waals surface area contributed by atoms with Gasteiger partial charge in [-0.05, 0) is 24.6 Å². The molecule has 1 saturated heterocycles. The van der Waals surface area contributed by atoms with Crippen LogP contribution in [0.15, 0.2) is 18.2 Å². The van der Waals surface area contributed by atoms with Crippen molar-refractivity contribution in [3.05, 3.63) is 28.8 Å². The van der Waals surface area contributed by atoms with Crippen molar-refractivity contribution in [1.82, 2.24) is 0 Å². The molecule has 2 amide bonds. The topological polar surface area (TPSA) is 63.4 Å². The van der Waals surface area contributed by atoms with E-state index < -0.39 is 11.8 Å². The van der Waals surface area contributed by atoms with E-state index in [4.69, 9.17) is 17.3 Å². The highest BCUT2D eigenvalue weighted by atomic mass is 35.5. The maximum Gasteiger partial charge on any atom is 0.227 e. The number of carbonyl (C=O) groups excluding carboxylic acids is 2. The number of carbonyl (C=O) groups is 2. The summed E-state index contributed by atoms with van der Waals surface area (Å²) in [5.41, 5.74) is 6.88. The molecule has 0 radical (unpaired) electrons. The Morgan fingerprint density at radius 2 is 2.24 bits per heavy atom. The van der Waals surface area contributed by atoms with Crippen molar-refractivity contribution < 1.29 is 9.59 Å². The van der Waals surface area contributed by atoms with E-state index in [0.29, 0.717) is 17.3 Å². The van der Waals surface area contributed by atoms with Crippen LogP contribution in [-0.2, 0) is 9.59 Å². The Morgan fingerprint density at radius 1 is 1.53 bits per heavy atom. The second-order valence-corrected chi connectivity index (χ2v) is 4.65. The van der Waals surface area contributed by atoms with Crippen LogP contribution in [0.1, 0.15) is 12.0 Å². The summed E-state index contributed by atoms with van der Waals surface area (Å²) in [6, 6.07) is 5.41. The zero-order valence-electron chi connectivity index (χ0n) is 9.44. The Hall–Kier alpha value is -1.55. The van der Waals surface area contributed by atoms with Gasteiger partial charge >= 0.3 is 0 Å². The van der Waals surface area contributed by atoms with Crippen LogP contribution < -0.4 is 10.6 Å². The van der Waals surface area contributed by atoms with E-state index in [9.17, 15) is 9.59 Å². The average Bonchev–Trinajstić information content (AvgIpc) is 2.65. The molecule has 0 aromatic heterocycles. The molecular formula is C12H13ClN2O2. The lowest BCUT2D eigenvalue weighted by molar-refractivity contribution is -0.123. The molecule has 2 rings (SSSR count). The van der Waals surface area contributed by atoms with Crippen LogP contribution in [0.25, 0.3) is 0 Å². The van der Waals surface area contributed by atoms with Gasteiger partial charge < -0.3 is 10.6 Å². The number of hydrogen-bond donors (Lipinski definition) is 1. The monoisotopic (exact) mass is 252 g/mol. The summed E-state index contributed by atoms with van der Waals surface area (Å²) in [7, 11) is 0. The number of hydrogen-bond acceptors (Lipinski definition) is 2. The number of aryl methyl sites for hydroxylation is 1. The highest BCUT2D eigenvalue weighted by Gasteiger charge is 2.33. The normalized spacial score (nSPS) is 19.8. The molecule has 4 nitrogen and oxygen atoms in total. The molecule has 0 bridgehead atoms. The fraction of sp³-hybridized carbons (Fsp3) is 0.333. The summed E-state index contributed by atoms with van der Waals surface area (Å²) in [4.78, 5) is 24.4. The third kappa shape index (κ3) is 2.26. The first-order valence-corrected chi connectivity index (χ1v) is 5.72. The number of rotatable bonds is 2. The van der Waals surface area contributed by atoms with Crippen LogP contribution in [0.3, 0.4) is 0 Å². The molecule has 0 aliphatic carbocycles. The van der Waals surface area contributed by atoms with Gasteiger partial charge in [0.05, 0.1) is 5.92 Å². The number of nitrogens with two attached hydrogens (primary N) is 1. The van der Waals surface area contributed by atoms with Crippen LogP contribution in [0.5, 0.6) is 0 Å². The van der Waals surface area contributed by atoms with Crippen LogP contribution in [-0.4, -0.2) is 18.4 Å². The predicted octanol–water partition coefficient (Wildman–Crippen LogP) is 1.49. The fourth-order valence-corrected chi connectivity index (χ4v) is 2.07. The summed E-state index contributed by atoms with van der Waals surface area (Å²) in [6.45, 7) is 2.23. The minimum absolute atomic E-state index is 0.0891. The molecular weight excluding hydrogens is 240 g/mol. The third-order valence-electron chi connectivity index (χ3n) is 2.99. The van der Waals surface area contributed by atoms with Crippen molar-refractivity contribution in [3.63, 3.8) is 0 Å². The number of amides is 2. The van der Waals surface area contributed by atoms with Crippen LogP contribution >= 0.6 is 11.6 Å².